The molecular weight excluding hydrogens is 204 g/mol. The van der Waals surface area contributed by atoms with E-state index >= 15 is 0 Å². The first-order chi connectivity index (χ1) is 7.27. The normalized spacial score (nSPS) is 22.5. The molecule has 0 radical (unpaired) electrons. The molecule has 0 spiro atoms. The van der Waals surface area contributed by atoms with Gasteiger partial charge >= 0.3 is 0 Å². The van der Waals surface area contributed by atoms with Crippen LogP contribution in [0.15, 0.2) is 5.38 Å². The summed E-state index contributed by atoms with van der Waals surface area (Å²) in [5, 5.41) is 12.2. The predicted molar refractivity (Wildman–Crippen MR) is 63.5 cm³/mol. The molecule has 2 aliphatic carbocycles. The van der Waals surface area contributed by atoms with E-state index in [0.717, 1.165) is 25.7 Å². The molecule has 0 aromatic carbocycles. The van der Waals surface area contributed by atoms with Gasteiger partial charge in [-0.05, 0) is 67.9 Å². The second kappa shape index (κ2) is 3.60. The van der Waals surface area contributed by atoms with Gasteiger partial charge in [0.15, 0.2) is 0 Å². The highest BCUT2D eigenvalue weighted by molar-refractivity contribution is 7.10. The maximum absolute atomic E-state index is 9.84. The van der Waals surface area contributed by atoms with E-state index in [4.69, 9.17) is 0 Å². The Morgan fingerprint density at radius 3 is 2.87 bits per heavy atom. The number of rotatable bonds is 3. The van der Waals surface area contributed by atoms with Gasteiger partial charge in [-0.25, -0.2) is 0 Å². The van der Waals surface area contributed by atoms with Crippen LogP contribution in [0.3, 0.4) is 0 Å². The number of thiophene rings is 1. The lowest BCUT2D eigenvalue weighted by Crippen LogP contribution is -2.09. The molecule has 2 aliphatic rings. The molecule has 0 bridgehead atoms. The lowest BCUT2D eigenvalue weighted by atomic mass is 9.93. The average molecular weight is 222 g/mol. The maximum atomic E-state index is 9.84. The molecule has 15 heavy (non-hydrogen) atoms. The molecule has 1 fully saturated rings. The van der Waals surface area contributed by atoms with Crippen LogP contribution in [-0.2, 0) is 19.3 Å². The van der Waals surface area contributed by atoms with E-state index < -0.39 is 0 Å². The Hall–Kier alpha value is -0.340. The average Bonchev–Trinajstić information content (AvgIpc) is 2.86. The molecule has 0 atom stereocenters. The number of aliphatic hydroxyl groups is 1. The van der Waals surface area contributed by atoms with Crippen LogP contribution in [0.1, 0.15) is 48.1 Å². The largest absolute Gasteiger partial charge is 0.390 e. The fourth-order valence-corrected chi connectivity index (χ4v) is 3.71. The number of hydrogen-bond acceptors (Lipinski definition) is 2. The molecule has 1 N–H and O–H groups in total. The molecule has 1 heterocycles. The van der Waals surface area contributed by atoms with E-state index in [9.17, 15) is 5.11 Å². The summed E-state index contributed by atoms with van der Waals surface area (Å²) in [6.45, 7) is 0. The third kappa shape index (κ3) is 1.98. The molecule has 1 nitrogen and oxygen atoms in total. The Labute approximate surface area is 95.1 Å². The van der Waals surface area contributed by atoms with Crippen molar-refractivity contribution in [2.75, 3.05) is 0 Å². The Morgan fingerprint density at radius 1 is 1.27 bits per heavy atom. The molecule has 1 aromatic rings. The van der Waals surface area contributed by atoms with Gasteiger partial charge in [0.1, 0.15) is 0 Å². The SMILES string of the molecule is OC1(CCc2csc3c2CCCC3)CC1. The van der Waals surface area contributed by atoms with Gasteiger partial charge in [-0.1, -0.05) is 0 Å². The van der Waals surface area contributed by atoms with Crippen molar-refractivity contribution in [2.45, 2.75) is 57.0 Å². The predicted octanol–water partition coefficient (Wildman–Crippen LogP) is 3.08. The highest BCUT2D eigenvalue weighted by Crippen LogP contribution is 2.40. The quantitative estimate of drug-likeness (QED) is 0.833. The number of hydrogen-bond donors (Lipinski definition) is 1. The molecule has 1 aromatic heterocycles. The maximum Gasteiger partial charge on any atom is 0.0653 e. The highest BCUT2D eigenvalue weighted by atomic mass is 32.1. The summed E-state index contributed by atoms with van der Waals surface area (Å²) >= 11 is 1.94. The van der Waals surface area contributed by atoms with Crippen LogP contribution >= 0.6 is 11.3 Å². The topological polar surface area (TPSA) is 20.2 Å². The van der Waals surface area contributed by atoms with E-state index in [1.807, 2.05) is 11.3 Å². The molecule has 2 heteroatoms. The van der Waals surface area contributed by atoms with E-state index in [2.05, 4.69) is 5.38 Å². The summed E-state index contributed by atoms with van der Waals surface area (Å²) in [6, 6.07) is 0. The Kier molecular flexibility index (Phi) is 2.37. The summed E-state index contributed by atoms with van der Waals surface area (Å²) in [5.74, 6) is 0. The monoisotopic (exact) mass is 222 g/mol. The summed E-state index contributed by atoms with van der Waals surface area (Å²) in [6.07, 6.45) is 9.45. The zero-order valence-corrected chi connectivity index (χ0v) is 9.91. The third-order valence-corrected chi connectivity index (χ3v) is 4.97. The lowest BCUT2D eigenvalue weighted by molar-refractivity contribution is 0.140. The Morgan fingerprint density at radius 2 is 2.07 bits per heavy atom. The molecule has 0 unspecified atom stereocenters. The van der Waals surface area contributed by atoms with Crippen LogP contribution in [0.4, 0.5) is 0 Å². The van der Waals surface area contributed by atoms with Crippen molar-refractivity contribution in [3.63, 3.8) is 0 Å². The van der Waals surface area contributed by atoms with Crippen LogP contribution in [0, 0.1) is 0 Å². The summed E-state index contributed by atoms with van der Waals surface area (Å²) < 4.78 is 0. The van der Waals surface area contributed by atoms with Crippen molar-refractivity contribution in [3.8, 4) is 0 Å². The molecule has 0 saturated heterocycles. The Balaban J connectivity index is 1.71. The second-order valence-corrected chi connectivity index (χ2v) is 6.06. The number of aryl methyl sites for hydroxylation is 2. The van der Waals surface area contributed by atoms with Gasteiger partial charge in [0.2, 0.25) is 0 Å². The minimum absolute atomic E-state index is 0.274. The van der Waals surface area contributed by atoms with Gasteiger partial charge in [0, 0.05) is 4.88 Å². The van der Waals surface area contributed by atoms with Crippen LogP contribution in [0.2, 0.25) is 0 Å². The summed E-state index contributed by atoms with van der Waals surface area (Å²) in [4.78, 5) is 1.62. The fraction of sp³-hybridized carbons (Fsp3) is 0.692. The summed E-state index contributed by atoms with van der Waals surface area (Å²) in [7, 11) is 0. The fourth-order valence-electron chi connectivity index (χ4n) is 2.53. The zero-order valence-electron chi connectivity index (χ0n) is 9.09. The van der Waals surface area contributed by atoms with Crippen molar-refractivity contribution >= 4 is 11.3 Å². The molecule has 0 aliphatic heterocycles. The minimum atomic E-state index is -0.274. The van der Waals surface area contributed by atoms with Crippen LogP contribution in [0.5, 0.6) is 0 Å². The van der Waals surface area contributed by atoms with Crippen LogP contribution in [0.25, 0.3) is 0 Å². The molecule has 1 saturated carbocycles. The van der Waals surface area contributed by atoms with Crippen LogP contribution in [-0.4, -0.2) is 10.7 Å². The minimum Gasteiger partial charge on any atom is -0.390 e. The van der Waals surface area contributed by atoms with Crippen molar-refractivity contribution in [3.05, 3.63) is 21.4 Å². The number of fused-ring (bicyclic) bond motifs is 1. The smallest absolute Gasteiger partial charge is 0.0653 e. The second-order valence-electron chi connectivity index (χ2n) is 5.09. The van der Waals surface area contributed by atoms with Gasteiger partial charge in [0.25, 0.3) is 0 Å². The van der Waals surface area contributed by atoms with E-state index in [1.54, 1.807) is 10.4 Å². The van der Waals surface area contributed by atoms with Crippen molar-refractivity contribution < 1.29 is 5.11 Å². The van der Waals surface area contributed by atoms with Gasteiger partial charge < -0.3 is 5.11 Å². The molecule has 3 rings (SSSR count). The summed E-state index contributed by atoms with van der Waals surface area (Å²) in [5.41, 5.74) is 2.90. The molecule has 82 valence electrons. The lowest BCUT2D eigenvalue weighted by Gasteiger charge is -2.13. The van der Waals surface area contributed by atoms with Gasteiger partial charge in [0.05, 0.1) is 5.60 Å². The first kappa shape index (κ1) is 9.86. The highest BCUT2D eigenvalue weighted by Gasteiger charge is 2.39. The zero-order chi connectivity index (χ0) is 10.3. The molecular formula is C13H18OS. The standard InChI is InChI=1S/C13H18OS/c14-13(7-8-13)6-5-10-9-15-12-4-2-1-3-11(10)12/h9,14H,1-8H2. The van der Waals surface area contributed by atoms with Gasteiger partial charge in [-0.15, -0.1) is 11.3 Å². The first-order valence-corrected chi connectivity index (χ1v) is 6.95. The van der Waals surface area contributed by atoms with E-state index in [0.29, 0.717) is 0 Å². The van der Waals surface area contributed by atoms with Gasteiger partial charge in [-0.3, -0.25) is 0 Å². The first-order valence-electron chi connectivity index (χ1n) is 6.07. The molecule has 0 amide bonds. The van der Waals surface area contributed by atoms with Crippen molar-refractivity contribution in [1.82, 2.24) is 0 Å². The van der Waals surface area contributed by atoms with Crippen molar-refractivity contribution in [1.29, 1.82) is 0 Å². The van der Waals surface area contributed by atoms with E-state index in [1.165, 1.54) is 31.2 Å². The van der Waals surface area contributed by atoms with Crippen molar-refractivity contribution in [2.24, 2.45) is 0 Å². The van der Waals surface area contributed by atoms with E-state index in [-0.39, 0.29) is 5.60 Å². The Bertz CT molecular complexity index is 363. The van der Waals surface area contributed by atoms with Gasteiger partial charge in [-0.2, -0.15) is 0 Å². The third-order valence-electron chi connectivity index (χ3n) is 3.84. The van der Waals surface area contributed by atoms with Crippen LogP contribution < -0.4 is 0 Å².